The molecule has 0 saturated carbocycles. The summed E-state index contributed by atoms with van der Waals surface area (Å²) in [4.78, 5) is 11.0. The zero-order valence-corrected chi connectivity index (χ0v) is 10.5. The second-order valence-corrected chi connectivity index (χ2v) is 5.35. The first-order chi connectivity index (χ1) is 7.08. The number of hydrogen-bond acceptors (Lipinski definition) is 4. The van der Waals surface area contributed by atoms with Crippen molar-refractivity contribution in [2.24, 2.45) is 0 Å². The highest BCUT2D eigenvalue weighted by Gasteiger charge is 2.24. The summed E-state index contributed by atoms with van der Waals surface area (Å²) in [6.45, 7) is 6.18. The molecule has 0 spiro atoms. The molecule has 0 fully saturated rings. The van der Waals surface area contributed by atoms with Crippen LogP contribution in [0.15, 0.2) is 0 Å². The van der Waals surface area contributed by atoms with Gasteiger partial charge in [0.2, 0.25) is 0 Å². The smallest absolute Gasteiger partial charge is 0.422 e. The summed E-state index contributed by atoms with van der Waals surface area (Å²) in [6, 6.07) is 0. The van der Waals surface area contributed by atoms with Gasteiger partial charge in [0.05, 0.1) is 11.6 Å². The van der Waals surface area contributed by atoms with Gasteiger partial charge in [-0.2, -0.15) is 13.1 Å². The molecule has 0 aliphatic rings. The monoisotopic (exact) mass is 248 g/mol. The lowest BCUT2D eigenvalue weighted by Crippen LogP contribution is -2.49. The number of ether oxygens (including phenoxy) is 1. The van der Waals surface area contributed by atoms with E-state index in [1.165, 1.54) is 13.8 Å². The minimum absolute atomic E-state index is 0.407. The Bertz CT molecular complexity index is 392. The largest absolute Gasteiger partial charge is 0.446 e. The molecule has 0 radical (unpaired) electrons. The molecule has 7 heteroatoms. The molecular formula is C9H16N2O4S. The molecule has 6 nitrogen and oxygen atoms in total. The van der Waals surface area contributed by atoms with Crippen molar-refractivity contribution in [1.29, 1.82) is 0 Å². The van der Waals surface area contributed by atoms with Crippen molar-refractivity contribution >= 4 is 16.3 Å². The molecule has 0 unspecified atom stereocenters. The van der Waals surface area contributed by atoms with Crippen LogP contribution < -0.4 is 9.44 Å². The molecule has 0 atom stereocenters. The first kappa shape index (κ1) is 14.7. The summed E-state index contributed by atoms with van der Waals surface area (Å²) >= 11 is 0. The van der Waals surface area contributed by atoms with Gasteiger partial charge in [0.25, 0.3) is 0 Å². The van der Waals surface area contributed by atoms with Crippen LogP contribution in [-0.2, 0) is 14.9 Å². The Balaban J connectivity index is 4.50. The van der Waals surface area contributed by atoms with E-state index in [1.807, 2.05) is 0 Å². The van der Waals surface area contributed by atoms with Crippen molar-refractivity contribution in [1.82, 2.24) is 9.44 Å². The average Bonchev–Trinajstić information content (AvgIpc) is 1.98. The quantitative estimate of drug-likeness (QED) is 0.704. The molecule has 0 bridgehead atoms. The van der Waals surface area contributed by atoms with Crippen molar-refractivity contribution in [2.45, 2.75) is 39.3 Å². The van der Waals surface area contributed by atoms with Crippen LogP contribution in [0.25, 0.3) is 0 Å². The van der Waals surface area contributed by atoms with Crippen molar-refractivity contribution in [3.8, 4) is 12.3 Å². The Labute approximate surface area is 95.9 Å². The average molecular weight is 248 g/mol. The topological polar surface area (TPSA) is 84.5 Å². The predicted octanol–water partition coefficient (Wildman–Crippen LogP) is 0.367. The van der Waals surface area contributed by atoms with Crippen LogP contribution in [0.2, 0.25) is 0 Å². The lowest BCUT2D eigenvalue weighted by atomic mass is 10.1. The molecular weight excluding hydrogens is 232 g/mol. The van der Waals surface area contributed by atoms with E-state index >= 15 is 0 Å². The molecule has 1 amide bonds. The first-order valence-electron chi connectivity index (χ1n) is 4.58. The van der Waals surface area contributed by atoms with Gasteiger partial charge in [-0.1, -0.05) is 5.92 Å². The van der Waals surface area contributed by atoms with Gasteiger partial charge in [0.1, 0.15) is 0 Å². The minimum Gasteiger partial charge on any atom is -0.446 e. The van der Waals surface area contributed by atoms with Crippen LogP contribution in [0, 0.1) is 12.3 Å². The third-order valence-corrected chi connectivity index (χ3v) is 2.53. The standard InChI is InChI=1S/C9H16N2O4S/c1-6-9(4,5)11-16(13,14)10-8(12)15-7(2)3/h1,7,11H,2-5H3,(H,10,12). The zero-order valence-electron chi connectivity index (χ0n) is 9.70. The number of carbonyl (C=O) groups is 1. The summed E-state index contributed by atoms with van der Waals surface area (Å²) in [7, 11) is -4.01. The van der Waals surface area contributed by atoms with Gasteiger partial charge >= 0.3 is 16.3 Å². The van der Waals surface area contributed by atoms with Crippen LogP contribution in [0.3, 0.4) is 0 Å². The molecule has 2 N–H and O–H groups in total. The van der Waals surface area contributed by atoms with Crippen LogP contribution >= 0.6 is 0 Å². The number of carbonyl (C=O) groups excluding carboxylic acids is 1. The van der Waals surface area contributed by atoms with E-state index in [1.54, 1.807) is 18.6 Å². The third-order valence-electron chi connectivity index (χ3n) is 1.31. The summed E-state index contributed by atoms with van der Waals surface area (Å²) in [5.41, 5.74) is -1.08. The van der Waals surface area contributed by atoms with E-state index in [0.29, 0.717) is 0 Å². The lowest BCUT2D eigenvalue weighted by Gasteiger charge is -2.19. The van der Waals surface area contributed by atoms with E-state index in [-0.39, 0.29) is 0 Å². The third kappa shape index (κ3) is 6.27. The Morgan fingerprint density at radius 2 is 1.94 bits per heavy atom. The molecule has 0 aromatic rings. The van der Waals surface area contributed by atoms with Gasteiger partial charge in [-0.3, -0.25) is 0 Å². The Kier molecular flexibility index (Phi) is 4.78. The van der Waals surface area contributed by atoms with Crippen LogP contribution in [0.1, 0.15) is 27.7 Å². The Morgan fingerprint density at radius 1 is 1.44 bits per heavy atom. The second kappa shape index (κ2) is 5.18. The van der Waals surface area contributed by atoms with E-state index in [9.17, 15) is 13.2 Å². The zero-order chi connectivity index (χ0) is 13.0. The van der Waals surface area contributed by atoms with E-state index in [4.69, 9.17) is 6.42 Å². The van der Waals surface area contributed by atoms with E-state index in [2.05, 4.69) is 15.4 Å². The van der Waals surface area contributed by atoms with Crippen molar-refractivity contribution in [3.05, 3.63) is 0 Å². The fourth-order valence-electron chi connectivity index (χ4n) is 0.739. The molecule has 0 aromatic carbocycles. The van der Waals surface area contributed by atoms with E-state index in [0.717, 1.165) is 0 Å². The van der Waals surface area contributed by atoms with Gasteiger partial charge in [0, 0.05) is 0 Å². The first-order valence-corrected chi connectivity index (χ1v) is 6.06. The van der Waals surface area contributed by atoms with E-state index < -0.39 is 27.9 Å². The summed E-state index contributed by atoms with van der Waals surface area (Å²) < 4.78 is 31.2. The van der Waals surface area contributed by atoms with Crippen molar-refractivity contribution in [2.75, 3.05) is 0 Å². The van der Waals surface area contributed by atoms with Gasteiger partial charge < -0.3 is 4.74 Å². The fourth-order valence-corrected chi connectivity index (χ4v) is 1.79. The highest BCUT2D eigenvalue weighted by atomic mass is 32.2. The molecule has 16 heavy (non-hydrogen) atoms. The molecule has 0 saturated heterocycles. The van der Waals surface area contributed by atoms with Crippen LogP contribution in [-0.4, -0.2) is 26.2 Å². The molecule has 0 heterocycles. The lowest BCUT2D eigenvalue weighted by molar-refractivity contribution is 0.121. The minimum atomic E-state index is -4.01. The maximum absolute atomic E-state index is 11.4. The number of terminal acetylenes is 1. The number of amides is 1. The maximum atomic E-state index is 11.4. The van der Waals surface area contributed by atoms with Gasteiger partial charge in [-0.05, 0) is 27.7 Å². The predicted molar refractivity (Wildman–Crippen MR) is 59.7 cm³/mol. The van der Waals surface area contributed by atoms with Crippen LogP contribution in [0.4, 0.5) is 4.79 Å². The summed E-state index contributed by atoms with van der Waals surface area (Å²) in [5.74, 6) is 2.23. The highest BCUT2D eigenvalue weighted by Crippen LogP contribution is 2.01. The summed E-state index contributed by atoms with van der Waals surface area (Å²) in [6.07, 6.45) is 3.65. The van der Waals surface area contributed by atoms with Crippen LogP contribution in [0.5, 0.6) is 0 Å². The summed E-state index contributed by atoms with van der Waals surface area (Å²) in [5, 5.41) is 0. The normalized spacial score (nSPS) is 12.0. The number of hydrogen-bond donors (Lipinski definition) is 2. The Hall–Kier alpha value is -1.26. The maximum Gasteiger partial charge on any atom is 0.422 e. The van der Waals surface area contributed by atoms with Crippen molar-refractivity contribution in [3.63, 3.8) is 0 Å². The SMILES string of the molecule is C#CC(C)(C)NS(=O)(=O)NC(=O)OC(C)C. The highest BCUT2D eigenvalue weighted by molar-refractivity contribution is 7.88. The van der Waals surface area contributed by atoms with Gasteiger partial charge in [-0.15, -0.1) is 6.42 Å². The Morgan fingerprint density at radius 3 is 2.31 bits per heavy atom. The van der Waals surface area contributed by atoms with Gasteiger partial charge in [0.15, 0.2) is 0 Å². The second-order valence-electron chi connectivity index (χ2n) is 3.93. The van der Waals surface area contributed by atoms with Crippen molar-refractivity contribution < 1.29 is 17.9 Å². The molecule has 0 aromatic heterocycles. The fraction of sp³-hybridized carbons (Fsp3) is 0.667. The molecule has 0 aliphatic heterocycles. The molecule has 92 valence electrons. The molecule has 0 aliphatic carbocycles. The van der Waals surface area contributed by atoms with Gasteiger partial charge in [-0.25, -0.2) is 9.52 Å². The number of rotatable bonds is 4. The number of nitrogens with one attached hydrogen (secondary N) is 2. The molecule has 0 rings (SSSR count).